The van der Waals surface area contributed by atoms with Crippen LogP contribution in [0, 0.1) is 0 Å². The van der Waals surface area contributed by atoms with Gasteiger partial charge in [0.15, 0.2) is 0 Å². The number of nitrogens with one attached hydrogen (secondary N) is 1. The number of halogens is 3. The van der Waals surface area contributed by atoms with E-state index >= 15 is 0 Å². The van der Waals surface area contributed by atoms with Crippen LogP contribution in [-0.4, -0.2) is 62.2 Å². The first-order valence-electron chi connectivity index (χ1n) is 9.79. The highest BCUT2D eigenvalue weighted by Gasteiger charge is 2.46. The average Bonchev–Trinajstić information content (AvgIpc) is 2.65. The predicted octanol–water partition coefficient (Wildman–Crippen LogP) is 2.86. The van der Waals surface area contributed by atoms with E-state index < -0.39 is 12.0 Å². The Morgan fingerprint density at radius 3 is 2.90 bits per heavy atom. The third-order valence-corrected chi connectivity index (χ3v) is 5.47. The van der Waals surface area contributed by atoms with Crippen LogP contribution in [0.4, 0.5) is 13.2 Å². The fourth-order valence-electron chi connectivity index (χ4n) is 4.26. The zero-order valence-electron chi connectivity index (χ0n) is 16.5. The van der Waals surface area contributed by atoms with Gasteiger partial charge in [0.05, 0.1) is 12.6 Å². The molecule has 9 heteroatoms. The summed E-state index contributed by atoms with van der Waals surface area (Å²) >= 11 is 0. The van der Waals surface area contributed by atoms with Crippen LogP contribution in [-0.2, 0) is 20.8 Å². The molecule has 29 heavy (non-hydrogen) atoms. The van der Waals surface area contributed by atoms with E-state index in [9.17, 15) is 18.0 Å². The van der Waals surface area contributed by atoms with Gasteiger partial charge in [-0.2, -0.15) is 0 Å². The molecule has 1 aliphatic heterocycles. The molecule has 1 aromatic rings. The number of morpholine rings is 1. The van der Waals surface area contributed by atoms with Gasteiger partial charge >= 0.3 is 6.36 Å². The van der Waals surface area contributed by atoms with Crippen LogP contribution in [0.3, 0.4) is 0 Å². The molecule has 3 rings (SSSR count). The molecule has 2 atom stereocenters. The Kier molecular flexibility index (Phi) is 7.02. The van der Waals surface area contributed by atoms with E-state index in [2.05, 4.69) is 15.0 Å². The van der Waals surface area contributed by atoms with E-state index in [0.29, 0.717) is 31.8 Å². The van der Waals surface area contributed by atoms with Crippen molar-refractivity contribution in [2.24, 2.45) is 0 Å². The zero-order valence-corrected chi connectivity index (χ0v) is 16.5. The molecule has 162 valence electrons. The number of ether oxygens (including phenoxy) is 3. The van der Waals surface area contributed by atoms with E-state index in [-0.39, 0.29) is 24.3 Å². The molecule has 2 fully saturated rings. The van der Waals surface area contributed by atoms with Crippen molar-refractivity contribution < 1.29 is 32.2 Å². The lowest BCUT2D eigenvalue weighted by Gasteiger charge is -2.49. The SMILES string of the molecule is COCC(=O)NC1CCCCC12CN(Cc1ccccc1OC(F)(F)F)CCO2. The minimum Gasteiger partial charge on any atom is -0.405 e. The largest absolute Gasteiger partial charge is 0.573 e. The molecule has 1 saturated heterocycles. The number of hydrogen-bond acceptors (Lipinski definition) is 5. The van der Waals surface area contributed by atoms with E-state index in [4.69, 9.17) is 9.47 Å². The number of amides is 1. The molecule has 1 spiro atoms. The number of hydrogen-bond donors (Lipinski definition) is 1. The van der Waals surface area contributed by atoms with E-state index in [1.54, 1.807) is 12.1 Å². The molecule has 2 unspecified atom stereocenters. The summed E-state index contributed by atoms with van der Waals surface area (Å²) in [6.07, 6.45) is -1.16. The van der Waals surface area contributed by atoms with Gasteiger partial charge in [-0.1, -0.05) is 31.0 Å². The second-order valence-electron chi connectivity index (χ2n) is 7.58. The summed E-state index contributed by atoms with van der Waals surface area (Å²) in [5.41, 5.74) is -0.0719. The van der Waals surface area contributed by atoms with Crippen molar-refractivity contribution in [2.45, 2.75) is 50.2 Å². The van der Waals surface area contributed by atoms with Gasteiger partial charge < -0.3 is 19.5 Å². The van der Waals surface area contributed by atoms with Gasteiger partial charge in [-0.05, 0) is 18.9 Å². The topological polar surface area (TPSA) is 60.0 Å². The maximum atomic E-state index is 12.7. The Hall–Kier alpha value is -1.84. The van der Waals surface area contributed by atoms with Crippen LogP contribution in [0.1, 0.15) is 31.2 Å². The molecule has 0 bridgehead atoms. The summed E-state index contributed by atoms with van der Waals surface area (Å²) in [5.74, 6) is -0.377. The Balaban J connectivity index is 1.72. The maximum absolute atomic E-state index is 12.7. The average molecular weight is 416 g/mol. The highest BCUT2D eigenvalue weighted by Crippen LogP contribution is 2.36. The van der Waals surface area contributed by atoms with Crippen molar-refractivity contribution in [2.75, 3.05) is 33.4 Å². The van der Waals surface area contributed by atoms with Crippen molar-refractivity contribution in [3.63, 3.8) is 0 Å². The van der Waals surface area contributed by atoms with Gasteiger partial charge in [0.1, 0.15) is 18.0 Å². The van der Waals surface area contributed by atoms with Gasteiger partial charge in [-0.15, -0.1) is 13.2 Å². The fraction of sp³-hybridized carbons (Fsp3) is 0.650. The van der Waals surface area contributed by atoms with E-state index in [1.807, 2.05) is 0 Å². The highest BCUT2D eigenvalue weighted by molar-refractivity contribution is 5.77. The van der Waals surface area contributed by atoms with Crippen LogP contribution in [0.25, 0.3) is 0 Å². The fourth-order valence-corrected chi connectivity index (χ4v) is 4.26. The summed E-state index contributed by atoms with van der Waals surface area (Å²) in [6.45, 7) is 1.89. The quantitative estimate of drug-likeness (QED) is 0.773. The van der Waals surface area contributed by atoms with Crippen LogP contribution in [0.15, 0.2) is 24.3 Å². The highest BCUT2D eigenvalue weighted by atomic mass is 19.4. The third kappa shape index (κ3) is 5.83. The Morgan fingerprint density at radius 1 is 1.34 bits per heavy atom. The summed E-state index contributed by atoms with van der Waals surface area (Å²) in [7, 11) is 1.47. The lowest BCUT2D eigenvalue weighted by Crippen LogP contribution is -2.64. The molecule has 0 aromatic heterocycles. The second kappa shape index (κ2) is 9.32. The van der Waals surface area contributed by atoms with Crippen LogP contribution >= 0.6 is 0 Å². The Bertz CT molecular complexity index is 697. The number of benzene rings is 1. The molecule has 1 heterocycles. The molecular formula is C20H27F3N2O4. The van der Waals surface area contributed by atoms with Crippen LogP contribution < -0.4 is 10.1 Å². The summed E-state index contributed by atoms with van der Waals surface area (Å²) in [6, 6.07) is 6.04. The van der Waals surface area contributed by atoms with Crippen molar-refractivity contribution >= 4 is 5.91 Å². The number of rotatable bonds is 6. The van der Waals surface area contributed by atoms with Crippen molar-refractivity contribution in [1.29, 1.82) is 0 Å². The molecule has 2 aliphatic rings. The van der Waals surface area contributed by atoms with Crippen molar-refractivity contribution in [1.82, 2.24) is 10.2 Å². The van der Waals surface area contributed by atoms with Crippen LogP contribution in [0.2, 0.25) is 0 Å². The number of methoxy groups -OCH3 is 1. The molecule has 1 aliphatic carbocycles. The number of nitrogens with zero attached hydrogens (tertiary/aromatic N) is 1. The molecular weight excluding hydrogens is 389 g/mol. The minimum absolute atomic E-state index is 0.0154. The summed E-state index contributed by atoms with van der Waals surface area (Å²) < 4.78 is 53.4. The molecule has 1 amide bonds. The minimum atomic E-state index is -4.73. The van der Waals surface area contributed by atoms with Gasteiger partial charge in [0, 0.05) is 32.3 Å². The number of alkyl halides is 3. The summed E-state index contributed by atoms with van der Waals surface area (Å²) in [4.78, 5) is 14.1. The number of carbonyl (C=O) groups excluding carboxylic acids is 1. The Labute approximate surface area is 168 Å². The number of carbonyl (C=O) groups is 1. The number of para-hydroxylation sites is 1. The normalized spacial score (nSPS) is 25.7. The van der Waals surface area contributed by atoms with Gasteiger partial charge in [0.2, 0.25) is 5.91 Å². The van der Waals surface area contributed by atoms with E-state index in [1.165, 1.54) is 19.2 Å². The molecule has 1 aromatic carbocycles. The van der Waals surface area contributed by atoms with E-state index in [0.717, 1.165) is 25.7 Å². The Morgan fingerprint density at radius 2 is 2.14 bits per heavy atom. The van der Waals surface area contributed by atoms with Crippen LogP contribution in [0.5, 0.6) is 5.75 Å². The molecule has 1 N–H and O–H groups in total. The molecule has 1 saturated carbocycles. The lowest BCUT2D eigenvalue weighted by molar-refractivity contribution is -0.275. The third-order valence-electron chi connectivity index (χ3n) is 5.47. The standard InChI is InChI=1S/C20H27F3N2O4/c1-27-13-18(26)24-17-8-4-5-9-19(17)14-25(10-11-28-19)12-15-6-2-3-7-16(15)29-20(21,22)23/h2-3,6-7,17H,4-5,8-14H2,1H3,(H,24,26). The molecule has 0 radical (unpaired) electrons. The lowest BCUT2D eigenvalue weighted by atomic mass is 9.78. The first-order chi connectivity index (χ1) is 13.8. The first-order valence-corrected chi connectivity index (χ1v) is 9.79. The smallest absolute Gasteiger partial charge is 0.405 e. The van der Waals surface area contributed by atoms with Crippen molar-refractivity contribution in [3.8, 4) is 5.75 Å². The maximum Gasteiger partial charge on any atom is 0.573 e. The van der Waals surface area contributed by atoms with Crippen molar-refractivity contribution in [3.05, 3.63) is 29.8 Å². The predicted molar refractivity (Wildman–Crippen MR) is 99.4 cm³/mol. The van der Waals surface area contributed by atoms with Gasteiger partial charge in [-0.3, -0.25) is 9.69 Å². The second-order valence-corrected chi connectivity index (χ2v) is 7.58. The molecule has 6 nitrogen and oxygen atoms in total. The van der Waals surface area contributed by atoms with Gasteiger partial charge in [0.25, 0.3) is 0 Å². The first kappa shape index (κ1) is 21.9. The zero-order chi connectivity index (χ0) is 20.9. The monoisotopic (exact) mass is 416 g/mol. The van der Waals surface area contributed by atoms with Gasteiger partial charge in [-0.25, -0.2) is 0 Å². The summed E-state index contributed by atoms with van der Waals surface area (Å²) in [5, 5.41) is 3.02.